The SMILES string of the molecule is CC(=O)Oc1ccc2ccccc2c1C(NC(=O)Cc1ccccc1)c1ccc([N+](=O)[O-])cc1. The number of hydrogen-bond acceptors (Lipinski definition) is 5. The van der Waals surface area contributed by atoms with Gasteiger partial charge >= 0.3 is 5.97 Å². The average Bonchev–Trinajstić information content (AvgIpc) is 2.83. The van der Waals surface area contributed by atoms with Gasteiger partial charge in [0.15, 0.2) is 0 Å². The predicted molar refractivity (Wildman–Crippen MR) is 128 cm³/mol. The lowest BCUT2D eigenvalue weighted by Crippen LogP contribution is -2.31. The van der Waals surface area contributed by atoms with Gasteiger partial charge in [0, 0.05) is 24.6 Å². The average molecular weight is 454 g/mol. The molecular weight excluding hydrogens is 432 g/mol. The van der Waals surface area contributed by atoms with Crippen LogP contribution in [-0.2, 0) is 16.0 Å². The van der Waals surface area contributed by atoms with Crippen LogP contribution in [0.1, 0.15) is 29.7 Å². The Balaban J connectivity index is 1.83. The van der Waals surface area contributed by atoms with Gasteiger partial charge in [0.2, 0.25) is 5.91 Å². The summed E-state index contributed by atoms with van der Waals surface area (Å²) in [6.07, 6.45) is 0.151. The Labute approximate surface area is 196 Å². The Morgan fingerprint density at radius 1 is 0.912 bits per heavy atom. The van der Waals surface area contributed by atoms with E-state index in [1.807, 2.05) is 60.7 Å². The number of nitro benzene ring substituents is 1. The van der Waals surface area contributed by atoms with E-state index in [1.165, 1.54) is 19.1 Å². The van der Waals surface area contributed by atoms with Crippen molar-refractivity contribution in [2.45, 2.75) is 19.4 Å². The molecule has 0 saturated carbocycles. The van der Waals surface area contributed by atoms with Crippen LogP contribution < -0.4 is 10.1 Å². The normalized spacial score (nSPS) is 11.6. The molecule has 0 aliphatic rings. The van der Waals surface area contributed by atoms with Crippen molar-refractivity contribution in [3.63, 3.8) is 0 Å². The van der Waals surface area contributed by atoms with Gasteiger partial charge in [0.1, 0.15) is 5.75 Å². The van der Waals surface area contributed by atoms with Crippen LogP contribution in [0.5, 0.6) is 5.75 Å². The van der Waals surface area contributed by atoms with E-state index in [-0.39, 0.29) is 18.0 Å². The molecule has 0 saturated heterocycles. The molecule has 7 nitrogen and oxygen atoms in total. The number of ether oxygens (including phenoxy) is 1. The number of nitro groups is 1. The van der Waals surface area contributed by atoms with E-state index < -0.39 is 16.9 Å². The number of esters is 1. The van der Waals surface area contributed by atoms with E-state index in [9.17, 15) is 19.7 Å². The van der Waals surface area contributed by atoms with Crippen molar-refractivity contribution < 1.29 is 19.2 Å². The van der Waals surface area contributed by atoms with E-state index in [0.717, 1.165) is 16.3 Å². The number of hydrogen-bond donors (Lipinski definition) is 1. The minimum atomic E-state index is -0.711. The molecular formula is C27H22N2O5. The van der Waals surface area contributed by atoms with Crippen molar-refractivity contribution in [1.82, 2.24) is 5.32 Å². The molecule has 0 aromatic heterocycles. The van der Waals surface area contributed by atoms with Crippen molar-refractivity contribution in [3.05, 3.63) is 118 Å². The molecule has 1 N–H and O–H groups in total. The highest BCUT2D eigenvalue weighted by molar-refractivity contribution is 5.90. The van der Waals surface area contributed by atoms with Crippen LogP contribution in [0, 0.1) is 10.1 Å². The second-order valence-electron chi connectivity index (χ2n) is 7.80. The second-order valence-corrected chi connectivity index (χ2v) is 7.80. The fraction of sp³-hybridized carbons (Fsp3) is 0.111. The predicted octanol–water partition coefficient (Wildman–Crippen LogP) is 5.12. The number of amides is 1. The summed E-state index contributed by atoms with van der Waals surface area (Å²) in [4.78, 5) is 35.6. The molecule has 4 aromatic carbocycles. The molecule has 0 spiro atoms. The highest BCUT2D eigenvalue weighted by Crippen LogP contribution is 2.37. The van der Waals surface area contributed by atoms with Gasteiger partial charge in [0.05, 0.1) is 17.4 Å². The van der Waals surface area contributed by atoms with Gasteiger partial charge in [-0.3, -0.25) is 19.7 Å². The Morgan fingerprint density at radius 2 is 1.59 bits per heavy atom. The van der Waals surface area contributed by atoms with Crippen LogP contribution in [-0.4, -0.2) is 16.8 Å². The van der Waals surface area contributed by atoms with Crippen molar-refractivity contribution >= 4 is 28.3 Å². The number of rotatable bonds is 7. The van der Waals surface area contributed by atoms with Crippen molar-refractivity contribution in [2.75, 3.05) is 0 Å². The van der Waals surface area contributed by atoms with Gasteiger partial charge in [0.25, 0.3) is 5.69 Å². The Morgan fingerprint density at radius 3 is 2.26 bits per heavy atom. The van der Waals surface area contributed by atoms with Crippen molar-refractivity contribution in [2.24, 2.45) is 0 Å². The van der Waals surface area contributed by atoms with Gasteiger partial charge < -0.3 is 10.1 Å². The molecule has 1 amide bonds. The zero-order valence-electron chi connectivity index (χ0n) is 18.4. The number of benzene rings is 4. The highest BCUT2D eigenvalue weighted by Gasteiger charge is 2.25. The maximum atomic E-state index is 13.1. The molecule has 1 atom stereocenters. The third kappa shape index (κ3) is 5.10. The molecule has 34 heavy (non-hydrogen) atoms. The summed E-state index contributed by atoms with van der Waals surface area (Å²) in [5, 5.41) is 15.9. The van der Waals surface area contributed by atoms with Crippen LogP contribution >= 0.6 is 0 Å². The highest BCUT2D eigenvalue weighted by atomic mass is 16.6. The van der Waals surface area contributed by atoms with Crippen molar-refractivity contribution in [1.29, 1.82) is 0 Å². The summed E-state index contributed by atoms with van der Waals surface area (Å²) in [5.74, 6) is -0.416. The van der Waals surface area contributed by atoms with Gasteiger partial charge in [-0.2, -0.15) is 0 Å². The molecule has 4 aromatic rings. The lowest BCUT2D eigenvalue weighted by atomic mass is 9.92. The van der Waals surface area contributed by atoms with Crippen LogP contribution in [0.2, 0.25) is 0 Å². The van der Waals surface area contributed by atoms with Crippen molar-refractivity contribution in [3.8, 4) is 5.75 Å². The molecule has 1 unspecified atom stereocenters. The Hall–Kier alpha value is -4.52. The zero-order chi connectivity index (χ0) is 24.1. The molecule has 4 rings (SSSR count). The maximum Gasteiger partial charge on any atom is 0.308 e. The van der Waals surface area contributed by atoms with Gasteiger partial charge in [-0.15, -0.1) is 0 Å². The molecule has 0 aliphatic carbocycles. The molecule has 0 fully saturated rings. The lowest BCUT2D eigenvalue weighted by Gasteiger charge is -2.24. The first-order chi connectivity index (χ1) is 16.4. The number of fused-ring (bicyclic) bond motifs is 1. The van der Waals surface area contributed by atoms with Crippen LogP contribution in [0.4, 0.5) is 5.69 Å². The smallest absolute Gasteiger partial charge is 0.308 e. The Bertz CT molecular complexity index is 1350. The van der Waals surface area contributed by atoms with Gasteiger partial charge in [-0.1, -0.05) is 60.7 Å². The van der Waals surface area contributed by atoms with E-state index in [2.05, 4.69) is 5.32 Å². The first-order valence-electron chi connectivity index (χ1n) is 10.7. The van der Waals surface area contributed by atoms with E-state index in [1.54, 1.807) is 18.2 Å². The van der Waals surface area contributed by atoms with E-state index in [0.29, 0.717) is 16.9 Å². The summed E-state index contributed by atoms with van der Waals surface area (Å²) in [7, 11) is 0. The molecule has 0 radical (unpaired) electrons. The minimum absolute atomic E-state index is 0.0590. The number of carbonyl (C=O) groups is 2. The Kier molecular flexibility index (Phi) is 6.64. The van der Waals surface area contributed by atoms with E-state index >= 15 is 0 Å². The van der Waals surface area contributed by atoms with Crippen LogP contribution in [0.25, 0.3) is 10.8 Å². The first-order valence-corrected chi connectivity index (χ1v) is 10.7. The molecule has 170 valence electrons. The summed E-state index contributed by atoms with van der Waals surface area (Å²) < 4.78 is 5.52. The number of nitrogens with one attached hydrogen (secondary N) is 1. The fourth-order valence-corrected chi connectivity index (χ4v) is 3.92. The molecule has 7 heteroatoms. The van der Waals surface area contributed by atoms with Crippen LogP contribution in [0.3, 0.4) is 0 Å². The number of non-ortho nitro benzene ring substituents is 1. The number of carbonyl (C=O) groups excluding carboxylic acids is 2. The third-order valence-corrected chi connectivity index (χ3v) is 5.42. The summed E-state index contributed by atoms with van der Waals surface area (Å²) in [5.41, 5.74) is 2.01. The quantitative estimate of drug-likeness (QED) is 0.181. The second kappa shape index (κ2) is 9.95. The lowest BCUT2D eigenvalue weighted by molar-refractivity contribution is -0.384. The third-order valence-electron chi connectivity index (χ3n) is 5.42. The molecule has 0 aliphatic heterocycles. The van der Waals surface area contributed by atoms with Gasteiger partial charge in [-0.05, 0) is 40.1 Å². The molecule has 0 heterocycles. The molecule has 0 bridgehead atoms. The largest absolute Gasteiger partial charge is 0.426 e. The summed E-state index contributed by atoms with van der Waals surface area (Å²) in [6.45, 7) is 1.31. The monoisotopic (exact) mass is 454 g/mol. The van der Waals surface area contributed by atoms with Gasteiger partial charge in [-0.25, -0.2) is 0 Å². The maximum absolute atomic E-state index is 13.1. The van der Waals surface area contributed by atoms with E-state index in [4.69, 9.17) is 4.74 Å². The topological polar surface area (TPSA) is 98.5 Å². The zero-order valence-corrected chi connectivity index (χ0v) is 18.4. The fourth-order valence-electron chi connectivity index (χ4n) is 3.92. The van der Waals surface area contributed by atoms with Crippen LogP contribution in [0.15, 0.2) is 91.0 Å². The first kappa shape index (κ1) is 22.7. The number of nitrogens with zero attached hydrogens (tertiary/aromatic N) is 1. The summed E-state index contributed by atoms with van der Waals surface area (Å²) in [6, 6.07) is 25.7. The minimum Gasteiger partial charge on any atom is -0.426 e. The standard InChI is InChI=1S/C27H22N2O5/c1-18(30)34-24-16-13-20-9-5-6-10-23(20)26(24)27(21-11-14-22(15-12-21)29(32)33)28-25(31)17-19-7-3-2-4-8-19/h2-16,27H,17H2,1H3,(H,28,31). The summed E-state index contributed by atoms with van der Waals surface area (Å²) >= 11 is 0.